The SMILES string of the molecule is C=CC.CC.CC.CC(C)C.CCC.CCCC(O)CC(C)C(C)S.CCc1cccc(C)c1C. The maximum absolute atomic E-state index is 9.43. The van der Waals surface area contributed by atoms with Crippen LogP contribution in [0.1, 0.15) is 139 Å². The molecule has 214 valence electrons. The average Bonchev–Trinajstić information content (AvgIpc) is 2.79. The Morgan fingerprint density at radius 3 is 1.54 bits per heavy atom. The Balaban J connectivity index is -0.0000000797. The molecule has 0 fully saturated rings. The van der Waals surface area contributed by atoms with Gasteiger partial charge in [0, 0.05) is 5.25 Å². The quantitative estimate of drug-likeness (QED) is 0.285. The minimum atomic E-state index is -0.121. The lowest BCUT2D eigenvalue weighted by Gasteiger charge is -2.18. The summed E-state index contributed by atoms with van der Waals surface area (Å²) in [4.78, 5) is 0. The molecule has 0 radical (unpaired) electrons. The second kappa shape index (κ2) is 40.4. The van der Waals surface area contributed by atoms with E-state index in [1.54, 1.807) is 6.08 Å². The summed E-state index contributed by atoms with van der Waals surface area (Å²) < 4.78 is 0. The van der Waals surface area contributed by atoms with Gasteiger partial charge in [-0.05, 0) is 68.6 Å². The van der Waals surface area contributed by atoms with Crippen LogP contribution in [0.15, 0.2) is 30.9 Å². The average molecular weight is 515 g/mol. The van der Waals surface area contributed by atoms with Gasteiger partial charge < -0.3 is 5.11 Å². The number of aryl methyl sites for hydroxylation is 2. The minimum Gasteiger partial charge on any atom is -0.393 e. The van der Waals surface area contributed by atoms with Crippen molar-refractivity contribution >= 4 is 12.6 Å². The van der Waals surface area contributed by atoms with Gasteiger partial charge in [-0.3, -0.25) is 0 Å². The number of aliphatic hydroxyl groups is 1. The van der Waals surface area contributed by atoms with Crippen LogP contribution in [-0.2, 0) is 6.42 Å². The molecule has 0 aliphatic rings. The minimum absolute atomic E-state index is 0.121. The molecular formula is C33H70OS. The highest BCUT2D eigenvalue weighted by Crippen LogP contribution is 2.17. The predicted molar refractivity (Wildman–Crippen MR) is 173 cm³/mol. The molecule has 0 saturated carbocycles. The standard InChI is InChI=1S/C10H14.C9H20OS.C4H10.C3H8.C3H6.2C2H6/c1-4-10-7-5-6-8(2)9(10)3;1-4-5-9(10)6-7(2)8(3)11;1-4(2)3;2*1-3-2;2*1-2/h5-7H,4H2,1-3H3;7-11H,4-6H2,1-3H3;4H,1-3H3;3H2,1-2H3;3H,1H2,2H3;2*1-2H3. The highest BCUT2D eigenvalue weighted by molar-refractivity contribution is 7.80. The van der Waals surface area contributed by atoms with Gasteiger partial charge in [-0.15, -0.1) is 6.58 Å². The third kappa shape index (κ3) is 47.1. The first-order valence-corrected chi connectivity index (χ1v) is 14.9. The molecule has 1 aromatic rings. The monoisotopic (exact) mass is 515 g/mol. The first-order chi connectivity index (χ1) is 16.4. The summed E-state index contributed by atoms with van der Waals surface area (Å²) in [6, 6.07) is 6.48. The zero-order chi connectivity index (χ0) is 29.4. The smallest absolute Gasteiger partial charge is 0.0543 e. The van der Waals surface area contributed by atoms with Gasteiger partial charge in [0.1, 0.15) is 0 Å². The van der Waals surface area contributed by atoms with Gasteiger partial charge >= 0.3 is 0 Å². The maximum Gasteiger partial charge on any atom is 0.0543 e. The third-order valence-electron chi connectivity index (χ3n) is 4.19. The van der Waals surface area contributed by atoms with Gasteiger partial charge in [0.05, 0.1) is 6.10 Å². The fourth-order valence-electron chi connectivity index (χ4n) is 2.27. The van der Waals surface area contributed by atoms with Crippen molar-refractivity contribution in [2.45, 2.75) is 154 Å². The number of rotatable bonds is 6. The van der Waals surface area contributed by atoms with Gasteiger partial charge in [0.15, 0.2) is 0 Å². The molecular weight excluding hydrogens is 444 g/mol. The van der Waals surface area contributed by atoms with E-state index in [0.717, 1.165) is 31.6 Å². The largest absolute Gasteiger partial charge is 0.393 e. The summed E-state index contributed by atoms with van der Waals surface area (Å²) in [5, 5.41) is 9.82. The summed E-state index contributed by atoms with van der Waals surface area (Å²) in [5.41, 5.74) is 4.32. The lowest BCUT2D eigenvalue weighted by atomic mass is 9.98. The van der Waals surface area contributed by atoms with Crippen LogP contribution in [0, 0.1) is 25.7 Å². The van der Waals surface area contributed by atoms with Crippen molar-refractivity contribution in [1.82, 2.24) is 0 Å². The molecule has 3 atom stereocenters. The molecule has 0 heterocycles. The van der Waals surface area contributed by atoms with Gasteiger partial charge in [0.2, 0.25) is 0 Å². The van der Waals surface area contributed by atoms with E-state index in [4.69, 9.17) is 0 Å². The van der Waals surface area contributed by atoms with Crippen molar-refractivity contribution in [1.29, 1.82) is 0 Å². The Labute approximate surface area is 231 Å². The molecule has 3 unspecified atom stereocenters. The second-order valence-electron chi connectivity index (χ2n) is 8.96. The molecule has 0 amide bonds. The first-order valence-electron chi connectivity index (χ1n) is 14.4. The van der Waals surface area contributed by atoms with Crippen LogP contribution in [0.5, 0.6) is 0 Å². The third-order valence-corrected chi connectivity index (χ3v) is 4.70. The maximum atomic E-state index is 9.43. The lowest BCUT2D eigenvalue weighted by Crippen LogP contribution is -2.16. The Bertz CT molecular complexity index is 477. The molecule has 0 bridgehead atoms. The zero-order valence-corrected chi connectivity index (χ0v) is 28.2. The Morgan fingerprint density at radius 2 is 1.29 bits per heavy atom. The highest BCUT2D eigenvalue weighted by Gasteiger charge is 2.12. The summed E-state index contributed by atoms with van der Waals surface area (Å²) in [6.07, 6.45) is 6.90. The Kier molecular flexibility index (Phi) is 54.8. The van der Waals surface area contributed by atoms with Gasteiger partial charge in [-0.1, -0.05) is 127 Å². The Hall–Kier alpha value is -0.730. The molecule has 2 heteroatoms. The predicted octanol–water partition coefficient (Wildman–Crippen LogP) is 11.7. The molecule has 0 aliphatic carbocycles. The Morgan fingerprint density at radius 1 is 0.914 bits per heavy atom. The van der Waals surface area contributed by atoms with E-state index < -0.39 is 0 Å². The number of thiol groups is 1. The first kappa shape index (κ1) is 47.5. The molecule has 0 spiro atoms. The molecule has 1 aromatic carbocycles. The fraction of sp³-hybridized carbons (Fsp3) is 0.758. The van der Waals surface area contributed by atoms with E-state index in [0.29, 0.717) is 11.2 Å². The molecule has 0 aliphatic heterocycles. The number of aliphatic hydroxyl groups excluding tert-OH is 1. The van der Waals surface area contributed by atoms with Crippen LogP contribution in [0.2, 0.25) is 0 Å². The highest BCUT2D eigenvalue weighted by atomic mass is 32.1. The summed E-state index contributed by atoms with van der Waals surface area (Å²) in [7, 11) is 0. The normalized spacial score (nSPS) is 11.2. The van der Waals surface area contributed by atoms with Crippen molar-refractivity contribution in [3.8, 4) is 0 Å². The van der Waals surface area contributed by atoms with Crippen molar-refractivity contribution < 1.29 is 5.11 Å². The van der Waals surface area contributed by atoms with Crippen molar-refractivity contribution in [2.24, 2.45) is 11.8 Å². The molecule has 1 N–H and O–H groups in total. The van der Waals surface area contributed by atoms with E-state index in [2.05, 4.69) is 114 Å². The van der Waals surface area contributed by atoms with Gasteiger partial charge in [-0.25, -0.2) is 0 Å². The number of allylic oxidation sites excluding steroid dienone is 1. The fourth-order valence-corrected chi connectivity index (χ4v) is 2.39. The number of benzene rings is 1. The second-order valence-corrected chi connectivity index (χ2v) is 9.77. The van der Waals surface area contributed by atoms with Crippen LogP contribution >= 0.6 is 12.6 Å². The molecule has 0 aromatic heterocycles. The van der Waals surface area contributed by atoms with E-state index in [1.807, 2.05) is 34.6 Å². The van der Waals surface area contributed by atoms with E-state index in [-0.39, 0.29) is 6.10 Å². The van der Waals surface area contributed by atoms with E-state index in [9.17, 15) is 5.11 Å². The molecule has 1 nitrogen and oxygen atoms in total. The molecule has 35 heavy (non-hydrogen) atoms. The van der Waals surface area contributed by atoms with E-state index in [1.165, 1.54) is 23.1 Å². The summed E-state index contributed by atoms with van der Waals surface area (Å²) >= 11 is 4.32. The van der Waals surface area contributed by atoms with Crippen LogP contribution in [-0.4, -0.2) is 16.5 Å². The lowest BCUT2D eigenvalue weighted by molar-refractivity contribution is 0.135. The zero-order valence-electron chi connectivity index (χ0n) is 27.3. The van der Waals surface area contributed by atoms with Crippen molar-refractivity contribution in [2.75, 3.05) is 0 Å². The summed E-state index contributed by atoms with van der Waals surface area (Å²) in [5.74, 6) is 1.35. The number of hydrogen-bond acceptors (Lipinski definition) is 2. The molecule has 1 rings (SSSR count). The van der Waals surface area contributed by atoms with Crippen LogP contribution in [0.3, 0.4) is 0 Å². The van der Waals surface area contributed by atoms with Crippen molar-refractivity contribution in [3.05, 3.63) is 47.5 Å². The van der Waals surface area contributed by atoms with Crippen LogP contribution in [0.25, 0.3) is 0 Å². The van der Waals surface area contributed by atoms with Crippen LogP contribution < -0.4 is 0 Å². The van der Waals surface area contributed by atoms with Crippen LogP contribution in [0.4, 0.5) is 0 Å². The molecule has 0 saturated heterocycles. The van der Waals surface area contributed by atoms with E-state index >= 15 is 0 Å². The summed E-state index contributed by atoms with van der Waals surface area (Å²) in [6.45, 7) is 36.9. The number of hydrogen-bond donors (Lipinski definition) is 2. The van der Waals surface area contributed by atoms with Crippen molar-refractivity contribution in [3.63, 3.8) is 0 Å². The van der Waals surface area contributed by atoms with Gasteiger partial charge in [-0.2, -0.15) is 12.6 Å². The topological polar surface area (TPSA) is 20.2 Å². The van der Waals surface area contributed by atoms with Gasteiger partial charge in [0.25, 0.3) is 0 Å².